The Morgan fingerprint density at radius 3 is 2.57 bits per heavy atom. The van der Waals surface area contributed by atoms with Gasteiger partial charge in [-0.25, -0.2) is 0 Å². The zero-order valence-electron chi connectivity index (χ0n) is 13.9. The highest BCUT2D eigenvalue weighted by molar-refractivity contribution is 5.13. The molecule has 0 aliphatic carbocycles. The quantitative estimate of drug-likeness (QED) is 0.836. The van der Waals surface area contributed by atoms with Gasteiger partial charge in [0.25, 0.3) is 0 Å². The summed E-state index contributed by atoms with van der Waals surface area (Å²) in [6, 6.07) is 4.28. The van der Waals surface area contributed by atoms with Gasteiger partial charge in [0.15, 0.2) is 0 Å². The molecule has 0 spiro atoms. The molecule has 21 heavy (non-hydrogen) atoms. The van der Waals surface area contributed by atoms with Gasteiger partial charge in [0, 0.05) is 13.0 Å². The number of methoxy groups -OCH3 is 1. The van der Waals surface area contributed by atoms with E-state index in [-0.39, 0.29) is 12.1 Å². The van der Waals surface area contributed by atoms with Crippen molar-refractivity contribution in [1.82, 2.24) is 5.32 Å². The minimum absolute atomic E-state index is 0.200. The van der Waals surface area contributed by atoms with Crippen LogP contribution in [0.2, 0.25) is 0 Å². The fraction of sp³-hybridized carbons (Fsp3) is 0.765. The third-order valence-corrected chi connectivity index (χ3v) is 4.59. The van der Waals surface area contributed by atoms with Crippen LogP contribution in [0.25, 0.3) is 0 Å². The molecule has 0 radical (unpaired) electrons. The minimum Gasteiger partial charge on any atom is -0.462 e. The van der Waals surface area contributed by atoms with Crippen LogP contribution in [0.3, 0.4) is 0 Å². The molecule has 5 atom stereocenters. The second-order valence-electron chi connectivity index (χ2n) is 6.15. The monoisotopic (exact) mass is 295 g/mol. The molecule has 4 nitrogen and oxygen atoms in total. The zero-order valence-corrected chi connectivity index (χ0v) is 13.9. The predicted octanol–water partition coefficient (Wildman–Crippen LogP) is 3.53. The Bertz CT molecular complexity index is 431. The van der Waals surface area contributed by atoms with Crippen LogP contribution < -0.4 is 5.32 Å². The smallest absolute Gasteiger partial charge is 0.129 e. The van der Waals surface area contributed by atoms with E-state index in [0.29, 0.717) is 24.5 Å². The second kappa shape index (κ2) is 7.43. The summed E-state index contributed by atoms with van der Waals surface area (Å²) in [4.78, 5) is 0. The molecule has 2 rings (SSSR count). The molecule has 1 aliphatic heterocycles. The molecule has 1 aromatic heterocycles. The number of ether oxygens (including phenoxy) is 2. The van der Waals surface area contributed by atoms with E-state index in [0.717, 1.165) is 24.5 Å². The van der Waals surface area contributed by atoms with Crippen LogP contribution >= 0.6 is 0 Å². The third-order valence-electron chi connectivity index (χ3n) is 4.59. The highest BCUT2D eigenvalue weighted by atomic mass is 16.5. The lowest BCUT2D eigenvalue weighted by Crippen LogP contribution is -2.35. The summed E-state index contributed by atoms with van der Waals surface area (Å²) in [7, 11) is 1.69. The number of hydrogen-bond donors (Lipinski definition) is 1. The van der Waals surface area contributed by atoms with Crippen LogP contribution in [0.15, 0.2) is 16.5 Å². The first-order chi connectivity index (χ1) is 10.1. The van der Waals surface area contributed by atoms with Crippen LogP contribution in [-0.2, 0) is 16.1 Å². The summed E-state index contributed by atoms with van der Waals surface area (Å²) in [5.41, 5.74) is 0. The van der Waals surface area contributed by atoms with Crippen molar-refractivity contribution in [2.24, 2.45) is 11.8 Å². The van der Waals surface area contributed by atoms with Crippen molar-refractivity contribution in [2.45, 2.75) is 59.0 Å². The summed E-state index contributed by atoms with van der Waals surface area (Å²) in [5.74, 6) is 2.80. The van der Waals surface area contributed by atoms with Crippen molar-refractivity contribution >= 4 is 0 Å². The van der Waals surface area contributed by atoms with Crippen molar-refractivity contribution in [1.29, 1.82) is 0 Å². The Hall–Kier alpha value is -0.840. The molecule has 5 unspecified atom stereocenters. The van der Waals surface area contributed by atoms with Gasteiger partial charge in [-0.15, -0.1) is 0 Å². The van der Waals surface area contributed by atoms with Crippen molar-refractivity contribution in [3.63, 3.8) is 0 Å². The van der Waals surface area contributed by atoms with E-state index in [9.17, 15) is 0 Å². The first-order valence-electron chi connectivity index (χ1n) is 8.04. The molecule has 1 aromatic rings. The van der Waals surface area contributed by atoms with E-state index < -0.39 is 0 Å². The Morgan fingerprint density at radius 1 is 1.24 bits per heavy atom. The SMILES string of the molecule is CCCNC(c1ccc(COC)o1)C1C(C)OC(C)C1C. The molecule has 120 valence electrons. The molecule has 1 N–H and O–H groups in total. The third kappa shape index (κ3) is 3.68. The fourth-order valence-electron chi connectivity index (χ4n) is 3.38. The van der Waals surface area contributed by atoms with Gasteiger partial charge in [0.05, 0.1) is 18.2 Å². The lowest BCUT2D eigenvalue weighted by Gasteiger charge is -2.28. The summed E-state index contributed by atoms with van der Waals surface area (Å²) < 4.78 is 17.1. The molecule has 2 heterocycles. The number of hydrogen-bond acceptors (Lipinski definition) is 4. The summed E-state index contributed by atoms with van der Waals surface area (Å²) in [6.07, 6.45) is 1.64. The van der Waals surface area contributed by atoms with Gasteiger partial charge >= 0.3 is 0 Å². The standard InChI is InChI=1S/C17H29NO3/c1-6-9-18-17(15-8-7-14(21-15)10-19-5)16-11(2)12(3)20-13(16)4/h7-8,11-13,16-18H,6,9-10H2,1-5H3. The molecule has 1 saturated heterocycles. The van der Waals surface area contributed by atoms with Crippen molar-refractivity contribution < 1.29 is 13.9 Å². The summed E-state index contributed by atoms with van der Waals surface area (Å²) >= 11 is 0. The highest BCUT2D eigenvalue weighted by Gasteiger charge is 2.43. The number of furan rings is 1. The van der Waals surface area contributed by atoms with Crippen LogP contribution in [0.4, 0.5) is 0 Å². The molecule has 1 aliphatic rings. The van der Waals surface area contributed by atoms with Crippen molar-refractivity contribution in [3.05, 3.63) is 23.7 Å². The van der Waals surface area contributed by atoms with Gasteiger partial charge in [-0.3, -0.25) is 0 Å². The molecular weight excluding hydrogens is 266 g/mol. The first kappa shape index (κ1) is 16.5. The largest absolute Gasteiger partial charge is 0.462 e. The Balaban J connectivity index is 2.20. The van der Waals surface area contributed by atoms with Crippen LogP contribution in [0, 0.1) is 11.8 Å². The van der Waals surface area contributed by atoms with Crippen LogP contribution in [-0.4, -0.2) is 25.9 Å². The van der Waals surface area contributed by atoms with Gasteiger partial charge in [-0.05, 0) is 44.9 Å². The van der Waals surface area contributed by atoms with Gasteiger partial charge in [0.1, 0.15) is 18.1 Å². The van der Waals surface area contributed by atoms with Gasteiger partial charge in [-0.2, -0.15) is 0 Å². The Labute approximate surface area is 128 Å². The van der Waals surface area contributed by atoms with Gasteiger partial charge in [-0.1, -0.05) is 13.8 Å². The second-order valence-corrected chi connectivity index (χ2v) is 6.15. The Morgan fingerprint density at radius 2 is 2.00 bits per heavy atom. The maximum atomic E-state index is 6.02. The lowest BCUT2D eigenvalue weighted by molar-refractivity contribution is 0.0463. The van der Waals surface area contributed by atoms with E-state index in [2.05, 4.69) is 39.1 Å². The van der Waals surface area contributed by atoms with Crippen LogP contribution in [0.5, 0.6) is 0 Å². The van der Waals surface area contributed by atoms with Gasteiger partial charge in [0.2, 0.25) is 0 Å². The minimum atomic E-state index is 0.200. The van der Waals surface area contributed by atoms with E-state index in [4.69, 9.17) is 13.9 Å². The molecular formula is C17H29NO3. The zero-order chi connectivity index (χ0) is 15.4. The molecule has 0 amide bonds. The summed E-state index contributed by atoms with van der Waals surface area (Å²) in [5, 5.41) is 3.65. The Kier molecular flexibility index (Phi) is 5.85. The number of rotatable bonds is 7. The van der Waals surface area contributed by atoms with Crippen LogP contribution in [0.1, 0.15) is 51.7 Å². The molecule has 0 saturated carbocycles. The average Bonchev–Trinajstić information content (AvgIpc) is 3.00. The average molecular weight is 295 g/mol. The molecule has 4 heteroatoms. The predicted molar refractivity (Wildman–Crippen MR) is 83.1 cm³/mol. The highest BCUT2D eigenvalue weighted by Crippen LogP contribution is 2.41. The molecule has 0 bridgehead atoms. The number of nitrogens with one attached hydrogen (secondary N) is 1. The van der Waals surface area contributed by atoms with E-state index in [1.54, 1.807) is 7.11 Å². The lowest BCUT2D eigenvalue weighted by atomic mass is 9.82. The van der Waals surface area contributed by atoms with Gasteiger partial charge < -0.3 is 19.2 Å². The van der Waals surface area contributed by atoms with E-state index in [1.165, 1.54) is 0 Å². The summed E-state index contributed by atoms with van der Waals surface area (Å²) in [6.45, 7) is 10.3. The van der Waals surface area contributed by atoms with Crippen molar-refractivity contribution in [3.8, 4) is 0 Å². The maximum absolute atomic E-state index is 6.02. The first-order valence-corrected chi connectivity index (χ1v) is 8.04. The van der Waals surface area contributed by atoms with E-state index >= 15 is 0 Å². The molecule has 0 aromatic carbocycles. The normalized spacial score (nSPS) is 30.7. The topological polar surface area (TPSA) is 43.6 Å². The van der Waals surface area contributed by atoms with Crippen molar-refractivity contribution in [2.75, 3.05) is 13.7 Å². The van der Waals surface area contributed by atoms with E-state index in [1.807, 2.05) is 6.07 Å². The fourth-order valence-corrected chi connectivity index (χ4v) is 3.38. The maximum Gasteiger partial charge on any atom is 0.129 e. The molecule has 1 fully saturated rings.